The summed E-state index contributed by atoms with van der Waals surface area (Å²) in [6, 6.07) is 10.2. The van der Waals surface area contributed by atoms with Crippen LogP contribution in [-0.4, -0.2) is 17.2 Å². The van der Waals surface area contributed by atoms with Gasteiger partial charge in [0.25, 0.3) is 0 Å². The summed E-state index contributed by atoms with van der Waals surface area (Å²) in [6.45, 7) is 7.82. The molecular weight excluding hydrogens is 260 g/mol. The van der Waals surface area contributed by atoms with Crippen LogP contribution < -0.4 is 0 Å². The van der Waals surface area contributed by atoms with Gasteiger partial charge in [-0.05, 0) is 25.3 Å². The largest absolute Gasteiger partial charge is 0.292 e. The van der Waals surface area contributed by atoms with E-state index in [1.54, 1.807) is 6.92 Å². The minimum absolute atomic E-state index is 0.0210. The molecule has 114 valence electrons. The Morgan fingerprint density at radius 3 is 2.38 bits per heavy atom. The van der Waals surface area contributed by atoms with Crippen molar-refractivity contribution >= 4 is 17.2 Å². The van der Waals surface area contributed by atoms with Crippen molar-refractivity contribution in [2.45, 2.75) is 53.4 Å². The topological polar surface area (TPSA) is 41.8 Å². The van der Waals surface area contributed by atoms with Crippen LogP contribution in [0.4, 0.5) is 0 Å². The molecule has 3 nitrogen and oxygen atoms in total. The van der Waals surface area contributed by atoms with Gasteiger partial charge in [0, 0.05) is 18.1 Å². The van der Waals surface area contributed by atoms with Crippen molar-refractivity contribution in [1.82, 2.24) is 0 Å². The van der Waals surface area contributed by atoms with Crippen LogP contribution in [0.1, 0.15) is 52.5 Å². The fraction of sp³-hybridized carbons (Fsp3) is 0.500. The molecule has 1 aromatic carbocycles. The SMILES string of the molecule is CCC/C(Cc1ccccc1)=N\N=C(/C)C(=O)C(C)CC. The molecule has 0 spiro atoms. The number of rotatable bonds is 8. The first-order chi connectivity index (χ1) is 10.1. The lowest BCUT2D eigenvalue weighted by atomic mass is 10.0. The third-order valence-corrected chi connectivity index (χ3v) is 3.55. The van der Waals surface area contributed by atoms with Gasteiger partial charge in [0.1, 0.15) is 5.71 Å². The van der Waals surface area contributed by atoms with Gasteiger partial charge in [0.15, 0.2) is 5.78 Å². The minimum atomic E-state index is 0.0210. The highest BCUT2D eigenvalue weighted by Gasteiger charge is 2.13. The van der Waals surface area contributed by atoms with Gasteiger partial charge in [-0.3, -0.25) is 4.79 Å². The third-order valence-electron chi connectivity index (χ3n) is 3.55. The first-order valence-corrected chi connectivity index (χ1v) is 7.76. The highest BCUT2D eigenvalue weighted by atomic mass is 16.1. The number of nitrogens with zero attached hydrogens (tertiary/aromatic N) is 2. The molecule has 0 aromatic heterocycles. The molecule has 21 heavy (non-hydrogen) atoms. The molecule has 0 bridgehead atoms. The van der Waals surface area contributed by atoms with Crippen LogP contribution in [-0.2, 0) is 11.2 Å². The molecule has 0 aliphatic carbocycles. The molecule has 0 aliphatic rings. The predicted molar refractivity (Wildman–Crippen MR) is 90.1 cm³/mol. The standard InChI is InChI=1S/C18H26N2O/c1-5-10-17(13-16-11-8-7-9-12-16)20-19-15(4)18(21)14(3)6-2/h7-9,11-12,14H,5-6,10,13H2,1-4H3/b19-15+,20-17+. The second-order valence-electron chi connectivity index (χ2n) is 5.44. The Labute approximate surface area is 128 Å². The molecule has 3 heteroatoms. The molecule has 0 saturated carbocycles. The van der Waals surface area contributed by atoms with Gasteiger partial charge in [-0.2, -0.15) is 10.2 Å². The average molecular weight is 286 g/mol. The zero-order valence-corrected chi connectivity index (χ0v) is 13.6. The lowest BCUT2D eigenvalue weighted by Crippen LogP contribution is -2.18. The van der Waals surface area contributed by atoms with E-state index < -0.39 is 0 Å². The van der Waals surface area contributed by atoms with Gasteiger partial charge in [-0.1, -0.05) is 57.5 Å². The van der Waals surface area contributed by atoms with Crippen LogP contribution in [0, 0.1) is 5.92 Å². The van der Waals surface area contributed by atoms with E-state index in [4.69, 9.17) is 0 Å². The molecule has 1 rings (SSSR count). The number of carbonyl (C=O) groups excluding carboxylic acids is 1. The van der Waals surface area contributed by atoms with Crippen LogP contribution in [0.25, 0.3) is 0 Å². The first-order valence-electron chi connectivity index (χ1n) is 7.76. The minimum Gasteiger partial charge on any atom is -0.292 e. The van der Waals surface area contributed by atoms with E-state index in [0.29, 0.717) is 5.71 Å². The molecule has 0 fully saturated rings. The van der Waals surface area contributed by atoms with E-state index in [1.165, 1.54) is 5.56 Å². The normalized spacial score (nSPS) is 14.1. The highest BCUT2D eigenvalue weighted by molar-refractivity contribution is 6.39. The van der Waals surface area contributed by atoms with Crippen LogP contribution in [0.5, 0.6) is 0 Å². The lowest BCUT2D eigenvalue weighted by Gasteiger charge is -2.06. The Balaban J connectivity index is 2.82. The summed E-state index contributed by atoms with van der Waals surface area (Å²) in [5.41, 5.74) is 2.76. The summed E-state index contributed by atoms with van der Waals surface area (Å²) in [4.78, 5) is 12.0. The smallest absolute Gasteiger partial charge is 0.181 e. The summed E-state index contributed by atoms with van der Waals surface area (Å²) < 4.78 is 0. The highest BCUT2D eigenvalue weighted by Crippen LogP contribution is 2.07. The van der Waals surface area contributed by atoms with E-state index >= 15 is 0 Å². The Hall–Kier alpha value is -1.77. The molecule has 1 unspecified atom stereocenters. The third kappa shape index (κ3) is 6.03. The van der Waals surface area contributed by atoms with Crippen molar-refractivity contribution in [3.8, 4) is 0 Å². The van der Waals surface area contributed by atoms with E-state index in [9.17, 15) is 4.79 Å². The van der Waals surface area contributed by atoms with E-state index in [0.717, 1.165) is 31.4 Å². The molecule has 0 amide bonds. The summed E-state index contributed by atoms with van der Waals surface area (Å²) in [5, 5.41) is 8.49. The van der Waals surface area contributed by atoms with Crippen LogP contribution in [0.15, 0.2) is 40.5 Å². The monoisotopic (exact) mass is 286 g/mol. The summed E-state index contributed by atoms with van der Waals surface area (Å²) in [6.07, 6.45) is 3.56. The molecular formula is C18H26N2O. The summed E-state index contributed by atoms with van der Waals surface area (Å²) in [5.74, 6) is 0.115. The van der Waals surface area contributed by atoms with Crippen LogP contribution in [0.2, 0.25) is 0 Å². The van der Waals surface area contributed by atoms with Gasteiger partial charge >= 0.3 is 0 Å². The molecule has 0 aliphatic heterocycles. The Bertz CT molecular complexity index is 503. The van der Waals surface area contributed by atoms with Crippen molar-refractivity contribution < 1.29 is 4.79 Å². The average Bonchev–Trinajstić information content (AvgIpc) is 2.52. The maximum absolute atomic E-state index is 12.0. The second-order valence-corrected chi connectivity index (χ2v) is 5.44. The molecule has 0 heterocycles. The molecule has 0 radical (unpaired) electrons. The number of ketones is 1. The van der Waals surface area contributed by atoms with Gasteiger partial charge in [0.2, 0.25) is 0 Å². The zero-order valence-electron chi connectivity index (χ0n) is 13.6. The van der Waals surface area contributed by atoms with Gasteiger partial charge in [-0.15, -0.1) is 0 Å². The summed E-state index contributed by atoms with van der Waals surface area (Å²) >= 11 is 0. The van der Waals surface area contributed by atoms with Gasteiger partial charge in [0.05, 0.1) is 0 Å². The number of Topliss-reactive ketones (excluding diaryl/α,β-unsaturated/α-hetero) is 1. The quantitative estimate of drug-likeness (QED) is 0.514. The molecule has 1 aromatic rings. The maximum Gasteiger partial charge on any atom is 0.181 e. The van der Waals surface area contributed by atoms with E-state index in [-0.39, 0.29) is 11.7 Å². The van der Waals surface area contributed by atoms with Crippen LogP contribution >= 0.6 is 0 Å². The Kier molecular flexibility index (Phi) is 7.59. The fourth-order valence-corrected chi connectivity index (χ4v) is 2.03. The number of hydrogen-bond donors (Lipinski definition) is 0. The predicted octanol–water partition coefficient (Wildman–Crippen LogP) is 4.46. The van der Waals surface area contributed by atoms with E-state index in [2.05, 4.69) is 29.3 Å². The van der Waals surface area contributed by atoms with Gasteiger partial charge in [-0.25, -0.2) is 0 Å². The first kappa shape index (κ1) is 17.3. The molecule has 0 saturated heterocycles. The van der Waals surface area contributed by atoms with Crippen molar-refractivity contribution in [3.05, 3.63) is 35.9 Å². The molecule has 1 atom stereocenters. The number of hydrogen-bond acceptors (Lipinski definition) is 3. The van der Waals surface area contributed by atoms with E-state index in [1.807, 2.05) is 32.0 Å². The Morgan fingerprint density at radius 2 is 1.81 bits per heavy atom. The van der Waals surface area contributed by atoms with Crippen molar-refractivity contribution in [2.24, 2.45) is 16.1 Å². The summed E-state index contributed by atoms with van der Waals surface area (Å²) in [7, 11) is 0. The fourth-order valence-electron chi connectivity index (χ4n) is 2.03. The second kappa shape index (κ2) is 9.22. The van der Waals surface area contributed by atoms with Crippen LogP contribution in [0.3, 0.4) is 0 Å². The zero-order chi connectivity index (χ0) is 15.7. The number of benzene rings is 1. The Morgan fingerprint density at radius 1 is 1.14 bits per heavy atom. The maximum atomic E-state index is 12.0. The van der Waals surface area contributed by atoms with Crippen molar-refractivity contribution in [1.29, 1.82) is 0 Å². The number of carbonyl (C=O) groups is 1. The van der Waals surface area contributed by atoms with Crippen molar-refractivity contribution in [2.75, 3.05) is 0 Å². The van der Waals surface area contributed by atoms with Gasteiger partial charge < -0.3 is 0 Å². The lowest BCUT2D eigenvalue weighted by molar-refractivity contribution is -0.116. The molecule has 0 N–H and O–H groups in total. The van der Waals surface area contributed by atoms with Crippen molar-refractivity contribution in [3.63, 3.8) is 0 Å².